The summed E-state index contributed by atoms with van der Waals surface area (Å²) in [5, 5.41) is 2.60. The van der Waals surface area contributed by atoms with Crippen LogP contribution in [0.2, 0.25) is 0 Å². The van der Waals surface area contributed by atoms with Crippen molar-refractivity contribution in [3.05, 3.63) is 78.4 Å². The Hall–Kier alpha value is -3.00. The smallest absolute Gasteiger partial charge is 0.291 e. The van der Waals surface area contributed by atoms with Gasteiger partial charge in [0, 0.05) is 30.3 Å². The van der Waals surface area contributed by atoms with Crippen molar-refractivity contribution in [2.45, 2.75) is 18.0 Å². The van der Waals surface area contributed by atoms with Crippen molar-refractivity contribution in [1.29, 1.82) is 0 Å². The van der Waals surface area contributed by atoms with E-state index in [9.17, 15) is 9.59 Å². The molecule has 1 fully saturated rings. The third-order valence-corrected chi connectivity index (χ3v) is 5.64. The van der Waals surface area contributed by atoms with Gasteiger partial charge in [0.25, 0.3) is 5.91 Å². The number of amides is 2. The fourth-order valence-electron chi connectivity index (χ4n) is 2.96. The molecule has 4 heterocycles. The average molecular weight is 383 g/mol. The zero-order valence-corrected chi connectivity index (χ0v) is 15.1. The fourth-order valence-corrected chi connectivity index (χ4v) is 4.37. The van der Waals surface area contributed by atoms with Gasteiger partial charge in [-0.1, -0.05) is 0 Å². The molecule has 0 bridgehead atoms. The number of nitrogens with zero attached hydrogens (tertiary/aromatic N) is 2. The molecule has 2 amide bonds. The molecule has 2 atom stereocenters. The number of carbonyl (C=O) groups is 2. The normalized spacial score (nSPS) is 19.2. The van der Waals surface area contributed by atoms with Gasteiger partial charge in [0.15, 0.2) is 5.76 Å². The first-order valence-corrected chi connectivity index (χ1v) is 9.45. The predicted octanol–water partition coefficient (Wildman–Crippen LogP) is 2.84. The van der Waals surface area contributed by atoms with Gasteiger partial charge in [-0.15, -0.1) is 11.8 Å². The molecule has 1 aliphatic rings. The van der Waals surface area contributed by atoms with Gasteiger partial charge in [-0.2, -0.15) is 0 Å². The van der Waals surface area contributed by atoms with Crippen LogP contribution in [-0.2, 0) is 11.3 Å². The Morgan fingerprint density at radius 1 is 1.22 bits per heavy atom. The molecule has 2 unspecified atom stereocenters. The molecule has 1 saturated heterocycles. The average Bonchev–Trinajstić information content (AvgIpc) is 3.47. The van der Waals surface area contributed by atoms with E-state index in [4.69, 9.17) is 8.83 Å². The third kappa shape index (κ3) is 3.61. The molecule has 1 N–H and O–H groups in total. The van der Waals surface area contributed by atoms with Crippen LogP contribution in [0, 0.1) is 0 Å². The second-order valence-corrected chi connectivity index (χ2v) is 7.13. The molecule has 0 aromatic carbocycles. The first-order chi connectivity index (χ1) is 13.2. The van der Waals surface area contributed by atoms with Gasteiger partial charge in [0.1, 0.15) is 11.4 Å². The Kier molecular flexibility index (Phi) is 4.97. The van der Waals surface area contributed by atoms with E-state index in [1.54, 1.807) is 48.0 Å². The minimum atomic E-state index is -0.602. The molecular formula is C19H17N3O4S. The topological polar surface area (TPSA) is 88.6 Å². The van der Waals surface area contributed by atoms with Gasteiger partial charge < -0.3 is 19.1 Å². The van der Waals surface area contributed by atoms with Crippen LogP contribution in [0.5, 0.6) is 0 Å². The highest BCUT2D eigenvalue weighted by Crippen LogP contribution is 2.42. The maximum atomic E-state index is 13.0. The number of nitrogens with one attached hydrogen (secondary N) is 1. The Bertz CT molecular complexity index is 896. The van der Waals surface area contributed by atoms with E-state index in [1.165, 1.54) is 18.0 Å². The Balaban J connectivity index is 1.54. The molecule has 7 nitrogen and oxygen atoms in total. The summed E-state index contributed by atoms with van der Waals surface area (Å²) in [6.45, 7) is 0.377. The first-order valence-electron chi connectivity index (χ1n) is 8.40. The molecule has 0 saturated carbocycles. The molecule has 138 valence electrons. The lowest BCUT2D eigenvalue weighted by molar-refractivity contribution is -0.125. The number of pyridine rings is 1. The standard InChI is InChI=1S/C19H17N3O4S/c23-17(21-10-13-3-6-20-7-4-13)15-12-27-19(14-5-9-25-11-14)22(15)18(24)16-2-1-8-26-16/h1-9,11,15,19H,10,12H2,(H,21,23). The van der Waals surface area contributed by atoms with Crippen LogP contribution in [0.15, 0.2) is 70.3 Å². The number of rotatable bonds is 5. The summed E-state index contributed by atoms with van der Waals surface area (Å²) in [6, 6.07) is 8.13. The fraction of sp³-hybridized carbons (Fsp3) is 0.211. The predicted molar refractivity (Wildman–Crippen MR) is 98.7 cm³/mol. The van der Waals surface area contributed by atoms with Gasteiger partial charge >= 0.3 is 0 Å². The van der Waals surface area contributed by atoms with Crippen LogP contribution < -0.4 is 5.32 Å². The van der Waals surface area contributed by atoms with E-state index < -0.39 is 6.04 Å². The molecule has 27 heavy (non-hydrogen) atoms. The van der Waals surface area contributed by atoms with Gasteiger partial charge in [-0.25, -0.2) is 0 Å². The molecule has 3 aromatic heterocycles. The minimum absolute atomic E-state index is 0.204. The third-order valence-electron chi connectivity index (χ3n) is 4.31. The monoisotopic (exact) mass is 383 g/mol. The van der Waals surface area contributed by atoms with Gasteiger partial charge in [-0.05, 0) is 35.9 Å². The summed E-state index contributed by atoms with van der Waals surface area (Å²) >= 11 is 1.52. The largest absolute Gasteiger partial charge is 0.472 e. The molecule has 0 spiro atoms. The minimum Gasteiger partial charge on any atom is -0.472 e. The molecule has 0 radical (unpaired) electrons. The van der Waals surface area contributed by atoms with Crippen molar-refractivity contribution in [2.75, 3.05) is 5.75 Å². The summed E-state index contributed by atoms with van der Waals surface area (Å²) in [4.78, 5) is 31.4. The lowest BCUT2D eigenvalue weighted by Crippen LogP contribution is -2.47. The quantitative estimate of drug-likeness (QED) is 0.729. The van der Waals surface area contributed by atoms with Crippen molar-refractivity contribution in [2.24, 2.45) is 0 Å². The van der Waals surface area contributed by atoms with E-state index in [0.717, 1.165) is 11.1 Å². The van der Waals surface area contributed by atoms with Crippen molar-refractivity contribution < 1.29 is 18.4 Å². The van der Waals surface area contributed by atoms with E-state index in [-0.39, 0.29) is 22.9 Å². The summed E-state index contributed by atoms with van der Waals surface area (Å²) in [7, 11) is 0. The lowest BCUT2D eigenvalue weighted by atomic mass is 10.2. The summed E-state index contributed by atoms with van der Waals surface area (Å²) in [6.07, 6.45) is 7.95. The second kappa shape index (κ2) is 7.71. The number of aromatic nitrogens is 1. The summed E-state index contributed by atoms with van der Waals surface area (Å²) in [5.41, 5.74) is 1.78. The van der Waals surface area contributed by atoms with Crippen LogP contribution in [0.25, 0.3) is 0 Å². The van der Waals surface area contributed by atoms with Crippen LogP contribution in [0.1, 0.15) is 27.1 Å². The number of hydrogen-bond donors (Lipinski definition) is 1. The van der Waals surface area contributed by atoms with Crippen LogP contribution >= 0.6 is 11.8 Å². The molecular weight excluding hydrogens is 366 g/mol. The van der Waals surface area contributed by atoms with E-state index >= 15 is 0 Å². The number of hydrogen-bond acceptors (Lipinski definition) is 6. The highest BCUT2D eigenvalue weighted by molar-refractivity contribution is 7.99. The lowest BCUT2D eigenvalue weighted by Gasteiger charge is -2.27. The Labute approximate surface area is 159 Å². The van der Waals surface area contributed by atoms with E-state index in [0.29, 0.717) is 12.3 Å². The van der Waals surface area contributed by atoms with Crippen LogP contribution in [0.4, 0.5) is 0 Å². The zero-order valence-electron chi connectivity index (χ0n) is 14.3. The van der Waals surface area contributed by atoms with Gasteiger partial charge in [-0.3, -0.25) is 14.6 Å². The maximum Gasteiger partial charge on any atom is 0.291 e. The second-order valence-electron chi connectivity index (χ2n) is 6.02. The van der Waals surface area contributed by atoms with Crippen molar-refractivity contribution in [3.63, 3.8) is 0 Å². The van der Waals surface area contributed by atoms with E-state index in [2.05, 4.69) is 10.3 Å². The first kappa shape index (κ1) is 17.4. The molecule has 8 heteroatoms. The Morgan fingerprint density at radius 3 is 2.78 bits per heavy atom. The zero-order chi connectivity index (χ0) is 18.6. The summed E-state index contributed by atoms with van der Waals surface area (Å²) in [5.74, 6) is 0.174. The van der Waals surface area contributed by atoms with Crippen LogP contribution in [-0.4, -0.2) is 33.5 Å². The number of furan rings is 2. The SMILES string of the molecule is O=C(NCc1ccncc1)C1CSC(c2ccoc2)N1C(=O)c1ccco1. The highest BCUT2D eigenvalue weighted by Gasteiger charge is 2.43. The molecule has 3 aromatic rings. The molecule has 0 aliphatic carbocycles. The van der Waals surface area contributed by atoms with Gasteiger partial charge in [0.2, 0.25) is 5.91 Å². The number of carbonyl (C=O) groups excluding carboxylic acids is 2. The van der Waals surface area contributed by atoms with Crippen molar-refractivity contribution in [3.8, 4) is 0 Å². The van der Waals surface area contributed by atoms with Crippen LogP contribution in [0.3, 0.4) is 0 Å². The summed E-state index contributed by atoms with van der Waals surface area (Å²) < 4.78 is 10.4. The number of thioether (sulfide) groups is 1. The van der Waals surface area contributed by atoms with Crippen molar-refractivity contribution >= 4 is 23.6 Å². The van der Waals surface area contributed by atoms with E-state index in [1.807, 2.05) is 12.1 Å². The molecule has 1 aliphatic heterocycles. The van der Waals surface area contributed by atoms with Crippen molar-refractivity contribution in [1.82, 2.24) is 15.2 Å². The highest BCUT2D eigenvalue weighted by atomic mass is 32.2. The molecule has 4 rings (SSSR count). The van der Waals surface area contributed by atoms with Gasteiger partial charge in [0.05, 0.1) is 18.8 Å². The Morgan fingerprint density at radius 2 is 2.07 bits per heavy atom. The maximum absolute atomic E-state index is 13.0.